The standard InChI is InChI=1S/C21H21FN4O6/c22-16-4-6-17(7-5-16)24-8-10-25(11-9-24)19(27)14-32-20(28)13-23-21(29)15-2-1-3-18(12-15)26(30)31/h1-7,12H,8-11,13-14H2,(H,23,29). The molecule has 2 amide bonds. The first-order valence-electron chi connectivity index (χ1n) is 9.80. The van der Waals surface area contributed by atoms with Crippen LogP contribution in [0.2, 0.25) is 0 Å². The SMILES string of the molecule is O=C(CNC(=O)c1cccc([N+](=O)[O-])c1)OCC(=O)N1CCN(c2ccc(F)cc2)CC1. The predicted molar refractivity (Wildman–Crippen MR) is 112 cm³/mol. The molecule has 3 rings (SSSR count). The van der Waals surface area contributed by atoms with Crippen molar-refractivity contribution in [2.75, 3.05) is 44.2 Å². The van der Waals surface area contributed by atoms with Crippen molar-refractivity contribution in [2.24, 2.45) is 0 Å². The molecule has 0 unspecified atom stereocenters. The Morgan fingerprint density at radius 3 is 2.41 bits per heavy atom. The van der Waals surface area contributed by atoms with Gasteiger partial charge in [0, 0.05) is 49.6 Å². The van der Waals surface area contributed by atoms with Crippen molar-refractivity contribution in [1.82, 2.24) is 10.2 Å². The Morgan fingerprint density at radius 2 is 1.75 bits per heavy atom. The summed E-state index contributed by atoms with van der Waals surface area (Å²) in [4.78, 5) is 49.9. The van der Waals surface area contributed by atoms with E-state index in [-0.39, 0.29) is 23.0 Å². The van der Waals surface area contributed by atoms with Gasteiger partial charge >= 0.3 is 5.97 Å². The third kappa shape index (κ3) is 6.00. The van der Waals surface area contributed by atoms with Crippen LogP contribution in [0.1, 0.15) is 10.4 Å². The second-order valence-corrected chi connectivity index (χ2v) is 7.00. The van der Waals surface area contributed by atoms with Gasteiger partial charge in [-0.3, -0.25) is 24.5 Å². The number of nitrogens with zero attached hydrogens (tertiary/aromatic N) is 3. The van der Waals surface area contributed by atoms with Crippen LogP contribution in [0, 0.1) is 15.9 Å². The third-order valence-corrected chi connectivity index (χ3v) is 4.89. The van der Waals surface area contributed by atoms with E-state index in [1.165, 1.54) is 30.3 Å². The minimum atomic E-state index is -0.804. The number of nitro benzene ring substituents is 1. The Bertz CT molecular complexity index is 1010. The van der Waals surface area contributed by atoms with Crippen molar-refractivity contribution in [3.05, 3.63) is 70.0 Å². The van der Waals surface area contributed by atoms with Crippen LogP contribution in [-0.4, -0.2) is 66.9 Å². The highest BCUT2D eigenvalue weighted by atomic mass is 19.1. The van der Waals surface area contributed by atoms with Gasteiger partial charge in [0.1, 0.15) is 12.4 Å². The molecule has 1 fully saturated rings. The maximum atomic E-state index is 13.0. The van der Waals surface area contributed by atoms with Crippen molar-refractivity contribution in [3.63, 3.8) is 0 Å². The molecular weight excluding hydrogens is 423 g/mol. The van der Waals surface area contributed by atoms with E-state index >= 15 is 0 Å². The number of amides is 2. The smallest absolute Gasteiger partial charge is 0.325 e. The van der Waals surface area contributed by atoms with E-state index in [0.29, 0.717) is 26.2 Å². The van der Waals surface area contributed by atoms with Crippen molar-refractivity contribution in [1.29, 1.82) is 0 Å². The van der Waals surface area contributed by atoms with E-state index in [1.54, 1.807) is 17.0 Å². The van der Waals surface area contributed by atoms with Crippen molar-refractivity contribution < 1.29 is 28.4 Å². The number of rotatable bonds is 7. The zero-order valence-electron chi connectivity index (χ0n) is 17.0. The number of hydrogen-bond acceptors (Lipinski definition) is 7. The average Bonchev–Trinajstić information content (AvgIpc) is 2.81. The van der Waals surface area contributed by atoms with Gasteiger partial charge in [-0.1, -0.05) is 6.07 Å². The van der Waals surface area contributed by atoms with Crippen molar-refractivity contribution >= 4 is 29.2 Å². The zero-order valence-corrected chi connectivity index (χ0v) is 17.0. The fraction of sp³-hybridized carbons (Fsp3) is 0.286. The number of carbonyl (C=O) groups is 3. The van der Waals surface area contributed by atoms with Crippen LogP contribution in [0.25, 0.3) is 0 Å². The van der Waals surface area contributed by atoms with E-state index < -0.39 is 30.0 Å². The average molecular weight is 444 g/mol. The lowest BCUT2D eigenvalue weighted by atomic mass is 10.2. The minimum Gasteiger partial charge on any atom is -0.454 e. The van der Waals surface area contributed by atoms with Crippen LogP contribution in [0.4, 0.5) is 15.8 Å². The first-order chi connectivity index (χ1) is 15.3. The molecule has 1 N–H and O–H groups in total. The highest BCUT2D eigenvalue weighted by Gasteiger charge is 2.22. The van der Waals surface area contributed by atoms with E-state index in [1.807, 2.05) is 4.90 Å². The van der Waals surface area contributed by atoms with Crippen LogP contribution in [0.3, 0.4) is 0 Å². The molecule has 0 saturated carbocycles. The number of nitrogens with one attached hydrogen (secondary N) is 1. The summed E-state index contributed by atoms with van der Waals surface area (Å²) in [5.41, 5.74) is 0.650. The van der Waals surface area contributed by atoms with Gasteiger partial charge < -0.3 is 19.9 Å². The molecule has 10 nitrogen and oxygen atoms in total. The molecule has 1 aliphatic heterocycles. The fourth-order valence-corrected chi connectivity index (χ4v) is 3.17. The Balaban J connectivity index is 1.39. The maximum Gasteiger partial charge on any atom is 0.325 e. The molecular formula is C21H21FN4O6. The first kappa shape index (κ1) is 22.7. The molecule has 0 atom stereocenters. The lowest BCUT2D eigenvalue weighted by Gasteiger charge is -2.36. The summed E-state index contributed by atoms with van der Waals surface area (Å²) in [5, 5.41) is 13.1. The van der Waals surface area contributed by atoms with Crippen LogP contribution in [-0.2, 0) is 14.3 Å². The molecule has 1 aliphatic rings. The summed E-state index contributed by atoms with van der Waals surface area (Å²) in [6, 6.07) is 11.2. The number of carbonyl (C=O) groups excluding carboxylic acids is 3. The molecule has 0 aliphatic carbocycles. The number of piperazine rings is 1. The van der Waals surface area contributed by atoms with Gasteiger partial charge in [-0.05, 0) is 30.3 Å². The minimum absolute atomic E-state index is 0.0297. The quantitative estimate of drug-likeness (QED) is 0.389. The van der Waals surface area contributed by atoms with Gasteiger partial charge in [-0.25, -0.2) is 4.39 Å². The molecule has 32 heavy (non-hydrogen) atoms. The van der Waals surface area contributed by atoms with Crippen LogP contribution < -0.4 is 10.2 Å². The third-order valence-electron chi connectivity index (χ3n) is 4.89. The van der Waals surface area contributed by atoms with E-state index in [4.69, 9.17) is 4.74 Å². The van der Waals surface area contributed by atoms with E-state index in [0.717, 1.165) is 11.8 Å². The number of halogens is 1. The number of esters is 1. The molecule has 1 heterocycles. The van der Waals surface area contributed by atoms with Gasteiger partial charge in [0.25, 0.3) is 17.5 Å². The largest absolute Gasteiger partial charge is 0.454 e. The fourth-order valence-electron chi connectivity index (χ4n) is 3.17. The van der Waals surface area contributed by atoms with E-state index in [9.17, 15) is 28.9 Å². The summed E-state index contributed by atoms with van der Waals surface area (Å²) in [7, 11) is 0. The van der Waals surface area contributed by atoms with Gasteiger partial charge in [0.05, 0.1) is 4.92 Å². The maximum absolute atomic E-state index is 13.0. The molecule has 0 aromatic heterocycles. The molecule has 0 spiro atoms. The van der Waals surface area contributed by atoms with Crippen molar-refractivity contribution in [2.45, 2.75) is 0 Å². The van der Waals surface area contributed by atoms with Crippen LogP contribution in [0.5, 0.6) is 0 Å². The molecule has 0 bridgehead atoms. The van der Waals surface area contributed by atoms with Crippen LogP contribution >= 0.6 is 0 Å². The number of anilines is 1. The Morgan fingerprint density at radius 1 is 1.06 bits per heavy atom. The molecule has 1 saturated heterocycles. The lowest BCUT2D eigenvalue weighted by Crippen LogP contribution is -2.50. The lowest BCUT2D eigenvalue weighted by molar-refractivity contribution is -0.384. The van der Waals surface area contributed by atoms with E-state index in [2.05, 4.69) is 5.32 Å². The predicted octanol–water partition coefficient (Wildman–Crippen LogP) is 1.36. The van der Waals surface area contributed by atoms with Gasteiger partial charge in [-0.15, -0.1) is 0 Å². The van der Waals surface area contributed by atoms with Gasteiger partial charge in [-0.2, -0.15) is 0 Å². The number of non-ortho nitro benzene ring substituents is 1. The number of hydrogen-bond donors (Lipinski definition) is 1. The summed E-state index contributed by atoms with van der Waals surface area (Å²) < 4.78 is 18.0. The van der Waals surface area contributed by atoms with Gasteiger partial charge in [0.15, 0.2) is 6.61 Å². The normalized spacial score (nSPS) is 13.4. The molecule has 2 aromatic carbocycles. The summed E-state index contributed by atoms with van der Waals surface area (Å²) in [5.74, 6) is -2.15. The number of nitro groups is 1. The zero-order chi connectivity index (χ0) is 23.1. The Kier molecular flexibility index (Phi) is 7.32. The topological polar surface area (TPSA) is 122 Å². The summed E-state index contributed by atoms with van der Waals surface area (Å²) in [6.07, 6.45) is 0. The highest BCUT2D eigenvalue weighted by molar-refractivity contribution is 5.96. The highest BCUT2D eigenvalue weighted by Crippen LogP contribution is 2.17. The van der Waals surface area contributed by atoms with Crippen molar-refractivity contribution in [3.8, 4) is 0 Å². The van der Waals surface area contributed by atoms with Gasteiger partial charge in [0.2, 0.25) is 0 Å². The first-order valence-corrected chi connectivity index (χ1v) is 9.80. The second kappa shape index (κ2) is 10.3. The molecule has 0 radical (unpaired) electrons. The summed E-state index contributed by atoms with van der Waals surface area (Å²) in [6.45, 7) is 1.04. The number of ether oxygens (including phenoxy) is 1. The molecule has 11 heteroatoms. The van der Waals surface area contributed by atoms with Crippen LogP contribution in [0.15, 0.2) is 48.5 Å². The monoisotopic (exact) mass is 444 g/mol. The second-order valence-electron chi connectivity index (χ2n) is 7.00. The Labute approximate surface area is 182 Å². The summed E-state index contributed by atoms with van der Waals surface area (Å²) >= 11 is 0. The molecule has 168 valence electrons. The number of benzene rings is 2. The molecule has 2 aromatic rings. The Hall–Kier alpha value is -4.02.